The number of nitrogens with two attached hydrogens (primary N) is 1. The SMILES string of the molecule is CN(C)C(=O)[C@@H](c1ccc(-c2ccc(F)c(F)c2)cc1)[C@H](N)C(=O)N1CC[C@H](F)C1. The molecule has 0 unspecified atom stereocenters. The number of carbonyl (C=O) groups is 2. The first-order valence-electron chi connectivity index (χ1n) is 9.64. The lowest BCUT2D eigenvalue weighted by atomic mass is 9.88. The molecule has 8 heteroatoms. The molecule has 1 saturated heterocycles. The predicted octanol–water partition coefficient (Wildman–Crippen LogP) is 2.70. The summed E-state index contributed by atoms with van der Waals surface area (Å²) in [4.78, 5) is 28.3. The number of benzene rings is 2. The minimum Gasteiger partial charge on any atom is -0.348 e. The van der Waals surface area contributed by atoms with Crippen molar-refractivity contribution in [2.24, 2.45) is 5.73 Å². The largest absolute Gasteiger partial charge is 0.348 e. The van der Waals surface area contributed by atoms with Crippen LogP contribution in [0, 0.1) is 11.6 Å². The van der Waals surface area contributed by atoms with Crippen molar-refractivity contribution in [2.45, 2.75) is 24.6 Å². The van der Waals surface area contributed by atoms with Gasteiger partial charge in [0.15, 0.2) is 11.6 Å². The lowest BCUT2D eigenvalue weighted by molar-refractivity contribution is -0.138. The van der Waals surface area contributed by atoms with Crippen molar-refractivity contribution in [3.8, 4) is 11.1 Å². The Morgan fingerprint density at radius 3 is 2.23 bits per heavy atom. The van der Waals surface area contributed by atoms with Crippen LogP contribution in [0.1, 0.15) is 17.9 Å². The lowest BCUT2D eigenvalue weighted by Gasteiger charge is -2.28. The number of alkyl halides is 1. The van der Waals surface area contributed by atoms with Gasteiger partial charge in [-0.2, -0.15) is 0 Å². The third kappa shape index (κ3) is 4.48. The van der Waals surface area contributed by atoms with E-state index in [0.717, 1.165) is 12.1 Å². The van der Waals surface area contributed by atoms with Crippen LogP contribution >= 0.6 is 0 Å². The fourth-order valence-corrected chi connectivity index (χ4v) is 3.61. The van der Waals surface area contributed by atoms with Crippen molar-refractivity contribution >= 4 is 11.8 Å². The smallest absolute Gasteiger partial charge is 0.240 e. The van der Waals surface area contributed by atoms with E-state index in [9.17, 15) is 22.8 Å². The van der Waals surface area contributed by atoms with Crippen LogP contribution in [0.15, 0.2) is 42.5 Å². The van der Waals surface area contributed by atoms with Crippen molar-refractivity contribution in [1.82, 2.24) is 9.80 Å². The molecule has 0 radical (unpaired) electrons. The van der Waals surface area contributed by atoms with Crippen LogP contribution in [0.5, 0.6) is 0 Å². The zero-order valence-electron chi connectivity index (χ0n) is 16.8. The van der Waals surface area contributed by atoms with Gasteiger partial charge in [0.2, 0.25) is 11.8 Å². The molecule has 2 aromatic rings. The first-order valence-corrected chi connectivity index (χ1v) is 9.64. The summed E-state index contributed by atoms with van der Waals surface area (Å²) >= 11 is 0. The minimum atomic E-state index is -1.17. The number of likely N-dealkylation sites (N-methyl/N-ethyl adjacent to an activating group) is 1. The fraction of sp³-hybridized carbons (Fsp3) is 0.364. The normalized spacial score (nSPS) is 18.2. The van der Waals surface area contributed by atoms with E-state index in [1.807, 2.05) is 0 Å². The van der Waals surface area contributed by atoms with Gasteiger partial charge in [-0.15, -0.1) is 0 Å². The van der Waals surface area contributed by atoms with Gasteiger partial charge in [-0.05, 0) is 35.2 Å². The molecule has 2 amide bonds. The summed E-state index contributed by atoms with van der Waals surface area (Å²) in [6.45, 7) is 0.246. The van der Waals surface area contributed by atoms with Crippen molar-refractivity contribution in [2.75, 3.05) is 27.2 Å². The third-order valence-corrected chi connectivity index (χ3v) is 5.32. The number of nitrogens with zero attached hydrogens (tertiary/aromatic N) is 2. The summed E-state index contributed by atoms with van der Waals surface area (Å²) in [6, 6.07) is 8.99. The van der Waals surface area contributed by atoms with E-state index in [-0.39, 0.29) is 25.4 Å². The molecule has 1 heterocycles. The topological polar surface area (TPSA) is 66.6 Å². The highest BCUT2D eigenvalue weighted by molar-refractivity contribution is 5.93. The van der Waals surface area contributed by atoms with Crippen molar-refractivity contribution in [3.05, 3.63) is 59.7 Å². The molecule has 2 aromatic carbocycles. The predicted molar refractivity (Wildman–Crippen MR) is 107 cm³/mol. The quantitative estimate of drug-likeness (QED) is 0.811. The van der Waals surface area contributed by atoms with Crippen LogP contribution in [0.3, 0.4) is 0 Å². The van der Waals surface area contributed by atoms with Crippen LogP contribution < -0.4 is 5.73 Å². The second kappa shape index (κ2) is 8.87. The number of carbonyl (C=O) groups excluding carboxylic acids is 2. The van der Waals surface area contributed by atoms with Crippen LogP contribution in [-0.4, -0.2) is 61.0 Å². The molecule has 1 aliphatic rings. The van der Waals surface area contributed by atoms with Crippen LogP contribution in [0.4, 0.5) is 13.2 Å². The maximum absolute atomic E-state index is 13.5. The summed E-state index contributed by atoms with van der Waals surface area (Å²) in [5.74, 6) is -3.67. The zero-order valence-corrected chi connectivity index (χ0v) is 16.8. The highest BCUT2D eigenvalue weighted by Crippen LogP contribution is 2.28. The number of amides is 2. The molecule has 30 heavy (non-hydrogen) atoms. The van der Waals surface area contributed by atoms with Crippen LogP contribution in [-0.2, 0) is 9.59 Å². The van der Waals surface area contributed by atoms with Crippen molar-refractivity contribution in [3.63, 3.8) is 0 Å². The molecule has 1 fully saturated rings. The number of hydrogen-bond donors (Lipinski definition) is 1. The average molecular weight is 419 g/mol. The Morgan fingerprint density at radius 2 is 1.70 bits per heavy atom. The second-order valence-electron chi connectivity index (χ2n) is 7.66. The molecular weight excluding hydrogens is 395 g/mol. The monoisotopic (exact) mass is 419 g/mol. The van der Waals surface area contributed by atoms with Crippen LogP contribution in [0.25, 0.3) is 11.1 Å². The molecule has 2 N–H and O–H groups in total. The first-order chi connectivity index (χ1) is 14.2. The van der Waals surface area contributed by atoms with E-state index < -0.39 is 35.7 Å². The maximum atomic E-state index is 13.5. The molecular formula is C22H24F3N3O2. The van der Waals surface area contributed by atoms with Gasteiger partial charge < -0.3 is 15.5 Å². The van der Waals surface area contributed by atoms with Crippen molar-refractivity contribution in [1.29, 1.82) is 0 Å². The molecule has 0 bridgehead atoms. The molecule has 3 rings (SSSR count). The molecule has 160 valence electrons. The van der Waals surface area contributed by atoms with Gasteiger partial charge >= 0.3 is 0 Å². The fourth-order valence-electron chi connectivity index (χ4n) is 3.61. The Balaban J connectivity index is 1.89. The summed E-state index contributed by atoms with van der Waals surface area (Å²) in [6.07, 6.45) is -0.826. The molecule has 0 aliphatic carbocycles. The Kier molecular flexibility index (Phi) is 6.45. The Morgan fingerprint density at radius 1 is 1.07 bits per heavy atom. The molecule has 1 aliphatic heterocycles. The maximum Gasteiger partial charge on any atom is 0.240 e. The Hall–Kier alpha value is -2.87. The molecule has 0 aromatic heterocycles. The standard InChI is InChI=1S/C22H24F3N3O2/c1-27(2)21(29)19(20(26)22(30)28-10-9-16(23)12-28)14-5-3-13(4-6-14)15-7-8-17(24)18(25)11-15/h3-8,11,16,19-20H,9-10,12,26H2,1-2H3/t16-,19-,20-/m0/s1. The van der Waals surface area contributed by atoms with Gasteiger partial charge in [0.25, 0.3) is 0 Å². The number of halogens is 3. The van der Waals surface area contributed by atoms with Gasteiger partial charge in [-0.3, -0.25) is 9.59 Å². The summed E-state index contributed by atoms with van der Waals surface area (Å²) in [5.41, 5.74) is 7.80. The van der Waals surface area contributed by atoms with E-state index in [0.29, 0.717) is 16.7 Å². The summed E-state index contributed by atoms with van der Waals surface area (Å²) in [5, 5.41) is 0. The number of hydrogen-bond acceptors (Lipinski definition) is 3. The second-order valence-corrected chi connectivity index (χ2v) is 7.66. The Labute approximate surface area is 173 Å². The van der Waals surface area contributed by atoms with E-state index >= 15 is 0 Å². The van der Waals surface area contributed by atoms with E-state index in [4.69, 9.17) is 5.73 Å². The molecule has 0 saturated carbocycles. The first kappa shape index (κ1) is 21.8. The van der Waals surface area contributed by atoms with E-state index in [1.54, 1.807) is 38.4 Å². The number of likely N-dealkylation sites (tertiary alicyclic amines) is 1. The van der Waals surface area contributed by atoms with Gasteiger partial charge in [-0.1, -0.05) is 30.3 Å². The Bertz CT molecular complexity index is 934. The van der Waals surface area contributed by atoms with Gasteiger partial charge in [0, 0.05) is 20.6 Å². The molecule has 5 nitrogen and oxygen atoms in total. The third-order valence-electron chi connectivity index (χ3n) is 5.32. The van der Waals surface area contributed by atoms with E-state index in [1.165, 1.54) is 15.9 Å². The highest BCUT2D eigenvalue weighted by atomic mass is 19.2. The molecule has 3 atom stereocenters. The van der Waals surface area contributed by atoms with Gasteiger partial charge in [-0.25, -0.2) is 13.2 Å². The zero-order chi connectivity index (χ0) is 22.0. The number of rotatable bonds is 5. The van der Waals surface area contributed by atoms with Gasteiger partial charge in [0.1, 0.15) is 12.2 Å². The summed E-state index contributed by atoms with van der Waals surface area (Å²) in [7, 11) is 3.13. The van der Waals surface area contributed by atoms with Crippen LogP contribution in [0.2, 0.25) is 0 Å². The van der Waals surface area contributed by atoms with Gasteiger partial charge in [0.05, 0.1) is 12.5 Å². The lowest BCUT2D eigenvalue weighted by Crippen LogP contribution is -2.50. The minimum absolute atomic E-state index is 0.0233. The molecule has 0 spiro atoms. The highest BCUT2D eigenvalue weighted by Gasteiger charge is 2.37. The summed E-state index contributed by atoms with van der Waals surface area (Å²) < 4.78 is 40.2. The average Bonchev–Trinajstić information content (AvgIpc) is 3.16. The van der Waals surface area contributed by atoms with Crippen molar-refractivity contribution < 1.29 is 22.8 Å². The van der Waals surface area contributed by atoms with E-state index in [2.05, 4.69) is 0 Å².